The van der Waals surface area contributed by atoms with Gasteiger partial charge < -0.3 is 0 Å². The molecule has 1 aromatic carbocycles. The van der Waals surface area contributed by atoms with E-state index in [9.17, 15) is 9.18 Å². The molecule has 0 radical (unpaired) electrons. The maximum absolute atomic E-state index is 13.1. The quantitative estimate of drug-likeness (QED) is 0.751. The van der Waals surface area contributed by atoms with Gasteiger partial charge in [0.25, 0.3) is 0 Å². The van der Waals surface area contributed by atoms with E-state index in [1.54, 1.807) is 0 Å². The Bertz CT molecular complexity index is 278. The Labute approximate surface area is 82.7 Å². The molecule has 0 fully saturated rings. The Balaban J connectivity index is 2.55. The third-order valence-electron chi connectivity index (χ3n) is 1.44. The molecule has 1 aromatic rings. The van der Waals surface area contributed by atoms with Crippen molar-refractivity contribution in [2.24, 2.45) is 0 Å². The molecule has 0 bridgehead atoms. The minimum absolute atomic E-state index is 0.429. The molecule has 1 N–H and O–H groups in total. The van der Waals surface area contributed by atoms with Gasteiger partial charge in [0.1, 0.15) is 0 Å². The molecule has 70 valence electrons. The molecule has 1 amide bonds. The van der Waals surface area contributed by atoms with Gasteiger partial charge in [-0.15, -0.1) is 0 Å². The molecule has 13 heavy (non-hydrogen) atoms. The molecule has 0 spiro atoms. The zero-order valence-corrected chi connectivity index (χ0v) is 8.87. The van der Waals surface area contributed by atoms with Crippen LogP contribution in [-0.4, -0.2) is 33.0 Å². The van der Waals surface area contributed by atoms with Crippen molar-refractivity contribution in [2.45, 2.75) is 5.07 Å². The summed E-state index contributed by atoms with van der Waals surface area (Å²) >= 11 is -0.429. The van der Waals surface area contributed by atoms with Crippen LogP contribution in [0.2, 0.25) is 0 Å². The standard InChI is InChI=1S/C9H10FNOSe/c1-11-9(12)8(10)13-7-5-3-2-4-6-7/h2-6,8H,1H3,(H,11,12). The van der Waals surface area contributed by atoms with Crippen molar-refractivity contribution in [3.05, 3.63) is 30.3 Å². The van der Waals surface area contributed by atoms with E-state index >= 15 is 0 Å². The normalized spacial score (nSPS) is 12.2. The SMILES string of the molecule is CNC(=O)C(F)[Se]c1ccccc1. The van der Waals surface area contributed by atoms with Gasteiger partial charge in [-0.2, -0.15) is 0 Å². The molecular weight excluding hydrogens is 236 g/mol. The predicted octanol–water partition coefficient (Wildman–Crippen LogP) is 0.0577. The van der Waals surface area contributed by atoms with Crippen LogP contribution in [0.3, 0.4) is 0 Å². The van der Waals surface area contributed by atoms with Crippen LogP contribution in [-0.2, 0) is 4.79 Å². The average molecular weight is 246 g/mol. The summed E-state index contributed by atoms with van der Waals surface area (Å²) in [4.78, 5) is 10.8. The number of alkyl halides is 1. The van der Waals surface area contributed by atoms with Gasteiger partial charge >= 0.3 is 82.3 Å². The third-order valence-corrected chi connectivity index (χ3v) is 3.46. The number of carbonyl (C=O) groups is 1. The molecule has 0 saturated carbocycles. The first kappa shape index (κ1) is 10.2. The fraction of sp³-hybridized carbons (Fsp3) is 0.222. The van der Waals surface area contributed by atoms with Gasteiger partial charge in [0, 0.05) is 0 Å². The molecule has 4 heteroatoms. The second-order valence-electron chi connectivity index (χ2n) is 2.36. The van der Waals surface area contributed by atoms with E-state index in [1.807, 2.05) is 30.3 Å². The summed E-state index contributed by atoms with van der Waals surface area (Å²) in [5, 5.41) is 0.898. The first-order chi connectivity index (χ1) is 6.24. The number of rotatable bonds is 3. The van der Waals surface area contributed by atoms with E-state index in [0.717, 1.165) is 4.46 Å². The van der Waals surface area contributed by atoms with E-state index in [-0.39, 0.29) is 0 Å². The van der Waals surface area contributed by atoms with Gasteiger partial charge in [-0.05, 0) is 0 Å². The Morgan fingerprint density at radius 3 is 2.62 bits per heavy atom. The van der Waals surface area contributed by atoms with Gasteiger partial charge in [0.05, 0.1) is 0 Å². The third kappa shape index (κ3) is 3.17. The molecule has 2 nitrogen and oxygen atoms in total. The second-order valence-corrected chi connectivity index (χ2v) is 4.71. The monoisotopic (exact) mass is 247 g/mol. The summed E-state index contributed by atoms with van der Waals surface area (Å²) in [5.74, 6) is -0.538. The van der Waals surface area contributed by atoms with Crippen LogP contribution in [0.15, 0.2) is 30.3 Å². The van der Waals surface area contributed by atoms with Crippen LogP contribution in [0.25, 0.3) is 0 Å². The van der Waals surface area contributed by atoms with Crippen molar-refractivity contribution in [3.8, 4) is 0 Å². The molecule has 1 unspecified atom stereocenters. The molecular formula is C9H10FNOSe. The number of hydrogen-bond acceptors (Lipinski definition) is 1. The number of amides is 1. The van der Waals surface area contributed by atoms with Gasteiger partial charge in [-0.1, -0.05) is 0 Å². The molecule has 0 saturated heterocycles. The molecule has 0 aromatic heterocycles. The van der Waals surface area contributed by atoms with Crippen molar-refractivity contribution in [1.29, 1.82) is 0 Å². The summed E-state index contributed by atoms with van der Waals surface area (Å²) in [5.41, 5.74) is 0. The summed E-state index contributed by atoms with van der Waals surface area (Å²) in [6.45, 7) is 0. The van der Waals surface area contributed by atoms with Crippen LogP contribution in [0, 0.1) is 0 Å². The molecule has 0 aliphatic carbocycles. The molecule has 1 atom stereocenters. The van der Waals surface area contributed by atoms with E-state index in [2.05, 4.69) is 5.32 Å². The average Bonchev–Trinajstić information content (AvgIpc) is 2.18. The van der Waals surface area contributed by atoms with Crippen molar-refractivity contribution in [1.82, 2.24) is 5.32 Å². The Hall–Kier alpha value is -0.861. The van der Waals surface area contributed by atoms with Crippen molar-refractivity contribution >= 4 is 25.3 Å². The van der Waals surface area contributed by atoms with Crippen LogP contribution < -0.4 is 9.78 Å². The first-order valence-corrected chi connectivity index (χ1v) is 5.66. The van der Waals surface area contributed by atoms with Crippen LogP contribution in [0.5, 0.6) is 0 Å². The number of carbonyl (C=O) groups excluding carboxylic acids is 1. The molecule has 0 aliphatic rings. The maximum atomic E-state index is 13.1. The van der Waals surface area contributed by atoms with E-state index in [1.165, 1.54) is 7.05 Å². The van der Waals surface area contributed by atoms with E-state index in [4.69, 9.17) is 0 Å². The molecule has 1 rings (SSSR count). The number of hydrogen-bond donors (Lipinski definition) is 1. The fourth-order valence-electron chi connectivity index (χ4n) is 0.786. The Kier molecular flexibility index (Phi) is 3.93. The van der Waals surface area contributed by atoms with Gasteiger partial charge in [-0.25, -0.2) is 0 Å². The Morgan fingerprint density at radius 1 is 1.46 bits per heavy atom. The Morgan fingerprint density at radius 2 is 2.08 bits per heavy atom. The summed E-state index contributed by atoms with van der Waals surface area (Å²) in [6.07, 6.45) is 0. The number of benzene rings is 1. The van der Waals surface area contributed by atoms with Gasteiger partial charge in [0.2, 0.25) is 0 Å². The molecule has 0 heterocycles. The van der Waals surface area contributed by atoms with Gasteiger partial charge in [0.15, 0.2) is 0 Å². The zero-order chi connectivity index (χ0) is 9.68. The van der Waals surface area contributed by atoms with Crippen molar-refractivity contribution in [2.75, 3.05) is 7.05 Å². The summed E-state index contributed by atoms with van der Waals surface area (Å²) in [6, 6.07) is 9.21. The number of halogens is 1. The van der Waals surface area contributed by atoms with Crippen molar-refractivity contribution in [3.63, 3.8) is 0 Å². The topological polar surface area (TPSA) is 29.1 Å². The minimum atomic E-state index is -1.39. The fourth-order valence-corrected chi connectivity index (χ4v) is 2.42. The zero-order valence-electron chi connectivity index (χ0n) is 7.16. The van der Waals surface area contributed by atoms with E-state index < -0.39 is 25.9 Å². The van der Waals surface area contributed by atoms with E-state index in [0.29, 0.717) is 0 Å². The molecule has 0 aliphatic heterocycles. The first-order valence-electron chi connectivity index (χ1n) is 3.81. The van der Waals surface area contributed by atoms with Crippen molar-refractivity contribution < 1.29 is 9.18 Å². The van der Waals surface area contributed by atoms with Crippen LogP contribution in [0.4, 0.5) is 4.39 Å². The van der Waals surface area contributed by atoms with Crippen LogP contribution >= 0.6 is 0 Å². The number of nitrogens with one attached hydrogen (secondary N) is 1. The second kappa shape index (κ2) is 5.00. The summed E-state index contributed by atoms with van der Waals surface area (Å²) < 4.78 is 14.0. The van der Waals surface area contributed by atoms with Gasteiger partial charge in [-0.3, -0.25) is 0 Å². The summed E-state index contributed by atoms with van der Waals surface area (Å²) in [7, 11) is 1.44. The van der Waals surface area contributed by atoms with Crippen LogP contribution in [0.1, 0.15) is 0 Å². The predicted molar refractivity (Wildman–Crippen MR) is 50.8 cm³/mol.